The fourth-order valence-corrected chi connectivity index (χ4v) is 4.38. The molecule has 0 saturated carbocycles. The van der Waals surface area contributed by atoms with E-state index in [4.69, 9.17) is 4.74 Å². The molecule has 11 nitrogen and oxygen atoms in total. The quantitative estimate of drug-likeness (QED) is 0.252. The van der Waals surface area contributed by atoms with Gasteiger partial charge >= 0.3 is 5.69 Å². The molecule has 3 aromatic rings. The number of hydrogen-bond donors (Lipinski definition) is 1. The van der Waals surface area contributed by atoms with Gasteiger partial charge in [0.05, 0.1) is 17.2 Å². The summed E-state index contributed by atoms with van der Waals surface area (Å²) in [5.41, 5.74) is 1.03. The number of rotatable bonds is 10. The van der Waals surface area contributed by atoms with Crippen LogP contribution < -0.4 is 26.2 Å². The second-order valence-electron chi connectivity index (χ2n) is 9.05. The maximum Gasteiger partial charge on any atom is 0.332 e. The zero-order valence-corrected chi connectivity index (χ0v) is 21.1. The van der Waals surface area contributed by atoms with Gasteiger partial charge in [-0.25, -0.2) is 4.79 Å². The first-order chi connectivity index (χ1) is 17.8. The summed E-state index contributed by atoms with van der Waals surface area (Å²) in [6, 6.07) is 15.9. The van der Waals surface area contributed by atoms with Crippen LogP contribution in [0.1, 0.15) is 12.0 Å². The molecule has 0 unspecified atom stereocenters. The van der Waals surface area contributed by atoms with Crippen LogP contribution in [0, 0.1) is 10.1 Å². The van der Waals surface area contributed by atoms with Crippen molar-refractivity contribution in [3.05, 3.63) is 91.1 Å². The number of nitro benzene ring substituents is 1. The maximum atomic E-state index is 12.2. The fraction of sp³-hybridized carbons (Fsp3) is 0.385. The van der Waals surface area contributed by atoms with Crippen LogP contribution in [-0.4, -0.2) is 58.3 Å². The van der Waals surface area contributed by atoms with Gasteiger partial charge in [0.25, 0.3) is 11.2 Å². The van der Waals surface area contributed by atoms with Gasteiger partial charge in [0.15, 0.2) is 0 Å². The molecule has 1 fully saturated rings. The van der Waals surface area contributed by atoms with Crippen molar-refractivity contribution >= 4 is 17.2 Å². The summed E-state index contributed by atoms with van der Waals surface area (Å²) >= 11 is 0. The summed E-state index contributed by atoms with van der Waals surface area (Å²) in [5.74, 6) is 1.22. The van der Waals surface area contributed by atoms with Gasteiger partial charge in [-0.15, -0.1) is 0 Å². The van der Waals surface area contributed by atoms with Crippen molar-refractivity contribution in [1.29, 1.82) is 0 Å². The minimum absolute atomic E-state index is 0.00885. The zero-order chi connectivity index (χ0) is 26.4. The van der Waals surface area contributed by atoms with E-state index < -0.39 is 4.92 Å². The van der Waals surface area contributed by atoms with Crippen LogP contribution in [0.25, 0.3) is 0 Å². The van der Waals surface area contributed by atoms with Crippen LogP contribution in [0.2, 0.25) is 0 Å². The van der Waals surface area contributed by atoms with E-state index in [1.807, 2.05) is 30.3 Å². The van der Waals surface area contributed by atoms with Crippen molar-refractivity contribution in [2.75, 3.05) is 49.5 Å². The molecule has 1 aromatic heterocycles. The van der Waals surface area contributed by atoms with Gasteiger partial charge in [0.1, 0.15) is 11.6 Å². The second kappa shape index (κ2) is 11.7. The highest BCUT2D eigenvalue weighted by molar-refractivity contribution is 5.61. The molecule has 1 saturated heterocycles. The van der Waals surface area contributed by atoms with Crippen molar-refractivity contribution < 1.29 is 9.66 Å². The average molecular weight is 509 g/mol. The Morgan fingerprint density at radius 3 is 2.41 bits per heavy atom. The molecule has 0 bridgehead atoms. The van der Waals surface area contributed by atoms with E-state index in [2.05, 4.69) is 15.1 Å². The van der Waals surface area contributed by atoms with E-state index in [-0.39, 0.29) is 16.9 Å². The Hall–Kier alpha value is -4.12. The number of nitrogens with one attached hydrogen (secondary N) is 1. The van der Waals surface area contributed by atoms with E-state index in [0.29, 0.717) is 30.4 Å². The molecule has 0 spiro atoms. The zero-order valence-electron chi connectivity index (χ0n) is 21.1. The van der Waals surface area contributed by atoms with Crippen LogP contribution in [0.3, 0.4) is 0 Å². The smallest absolute Gasteiger partial charge is 0.332 e. The third kappa shape index (κ3) is 6.36. The topological polar surface area (TPSA) is 115 Å². The highest BCUT2D eigenvalue weighted by atomic mass is 16.6. The highest BCUT2D eigenvalue weighted by Gasteiger charge is 2.20. The van der Waals surface area contributed by atoms with Crippen LogP contribution in [0.4, 0.5) is 17.2 Å². The first-order valence-electron chi connectivity index (χ1n) is 12.3. The number of nitro groups is 1. The van der Waals surface area contributed by atoms with Crippen molar-refractivity contribution in [1.82, 2.24) is 14.0 Å². The van der Waals surface area contributed by atoms with Gasteiger partial charge in [-0.3, -0.25) is 28.9 Å². The third-order valence-corrected chi connectivity index (χ3v) is 6.57. The van der Waals surface area contributed by atoms with E-state index >= 15 is 0 Å². The molecule has 0 amide bonds. The van der Waals surface area contributed by atoms with E-state index in [1.54, 1.807) is 13.1 Å². The number of nitrogens with zero attached hydrogens (tertiary/aromatic N) is 5. The van der Waals surface area contributed by atoms with E-state index in [1.165, 1.54) is 29.8 Å². The molecule has 4 rings (SSSR count). The third-order valence-electron chi connectivity index (χ3n) is 6.57. The number of non-ortho nitro benzene ring substituents is 1. The molecule has 37 heavy (non-hydrogen) atoms. The highest BCUT2D eigenvalue weighted by Crippen LogP contribution is 2.30. The molecule has 0 atom stereocenters. The number of aromatic nitrogens is 2. The summed E-state index contributed by atoms with van der Waals surface area (Å²) in [5, 5.41) is 14.5. The average Bonchev–Trinajstić information content (AvgIpc) is 2.92. The molecule has 0 aliphatic carbocycles. The van der Waals surface area contributed by atoms with Gasteiger partial charge in [-0.05, 0) is 18.1 Å². The predicted molar refractivity (Wildman–Crippen MR) is 143 cm³/mol. The van der Waals surface area contributed by atoms with Gasteiger partial charge in [-0.1, -0.05) is 30.3 Å². The first-order valence-corrected chi connectivity index (χ1v) is 12.3. The SMILES string of the molecule is Cn1c(N2CCN(CCCOc3ccc([N+](=O)[O-])cc3NCc3ccccc3)CC2)cc(=O)n(C)c1=O. The molecule has 1 N–H and O–H groups in total. The Bertz CT molecular complexity index is 1350. The van der Waals surface area contributed by atoms with Crippen LogP contribution in [-0.2, 0) is 20.6 Å². The minimum atomic E-state index is -0.414. The van der Waals surface area contributed by atoms with Gasteiger partial charge < -0.3 is 15.0 Å². The molecule has 1 aliphatic rings. The lowest BCUT2D eigenvalue weighted by Gasteiger charge is -2.36. The molecule has 196 valence electrons. The summed E-state index contributed by atoms with van der Waals surface area (Å²) in [6.07, 6.45) is 0.791. The van der Waals surface area contributed by atoms with Crippen LogP contribution >= 0.6 is 0 Å². The number of piperazine rings is 1. The Morgan fingerprint density at radius 1 is 0.973 bits per heavy atom. The first kappa shape index (κ1) is 26.0. The molecule has 2 aromatic carbocycles. The number of ether oxygens (including phenoxy) is 1. The van der Waals surface area contributed by atoms with Gasteiger partial charge in [0, 0.05) is 71.6 Å². The predicted octanol–water partition coefficient (Wildman–Crippen LogP) is 2.20. The van der Waals surface area contributed by atoms with Crippen molar-refractivity contribution in [2.24, 2.45) is 14.1 Å². The molecule has 11 heteroatoms. The monoisotopic (exact) mass is 508 g/mol. The van der Waals surface area contributed by atoms with Gasteiger partial charge in [0.2, 0.25) is 0 Å². The normalized spacial score (nSPS) is 13.9. The van der Waals surface area contributed by atoms with Crippen LogP contribution in [0.15, 0.2) is 64.2 Å². The van der Waals surface area contributed by atoms with E-state index in [0.717, 1.165) is 49.3 Å². The molecule has 2 heterocycles. The van der Waals surface area contributed by atoms with Crippen LogP contribution in [0.5, 0.6) is 5.75 Å². The Kier molecular flexibility index (Phi) is 8.24. The van der Waals surface area contributed by atoms with E-state index in [9.17, 15) is 19.7 Å². The number of benzene rings is 2. The summed E-state index contributed by atoms with van der Waals surface area (Å²) in [7, 11) is 3.16. The summed E-state index contributed by atoms with van der Waals surface area (Å²) < 4.78 is 8.61. The lowest BCUT2D eigenvalue weighted by atomic mass is 10.2. The maximum absolute atomic E-state index is 12.2. The summed E-state index contributed by atoms with van der Waals surface area (Å²) in [4.78, 5) is 39.5. The molecular weight excluding hydrogens is 476 g/mol. The Balaban J connectivity index is 1.28. The minimum Gasteiger partial charge on any atom is -0.491 e. The van der Waals surface area contributed by atoms with Crippen molar-refractivity contribution in [2.45, 2.75) is 13.0 Å². The Labute approximate surface area is 214 Å². The number of hydrogen-bond acceptors (Lipinski definition) is 8. The fourth-order valence-electron chi connectivity index (χ4n) is 4.38. The Morgan fingerprint density at radius 2 is 1.70 bits per heavy atom. The van der Waals surface area contributed by atoms with Gasteiger partial charge in [-0.2, -0.15) is 0 Å². The largest absolute Gasteiger partial charge is 0.491 e. The lowest BCUT2D eigenvalue weighted by molar-refractivity contribution is -0.384. The summed E-state index contributed by atoms with van der Waals surface area (Å²) in [6.45, 7) is 4.90. The second-order valence-corrected chi connectivity index (χ2v) is 9.05. The lowest BCUT2D eigenvalue weighted by Crippen LogP contribution is -2.49. The molecule has 0 radical (unpaired) electrons. The number of anilines is 2. The molecular formula is C26H32N6O5. The van der Waals surface area contributed by atoms with Crippen molar-refractivity contribution in [3.8, 4) is 5.75 Å². The molecule has 1 aliphatic heterocycles. The van der Waals surface area contributed by atoms with Crippen molar-refractivity contribution in [3.63, 3.8) is 0 Å². The standard InChI is InChI=1S/C26H32N6O5/c1-28-24(18-25(33)29(2)26(28)34)31-14-12-30(13-15-31)11-6-16-37-23-10-9-21(32(35)36)17-22(23)27-19-20-7-4-3-5-8-20/h3-5,7-10,17-18,27H,6,11-16,19H2,1-2H3.